The molecule has 0 aromatic heterocycles. The van der Waals surface area contributed by atoms with E-state index in [2.05, 4.69) is 4.72 Å². The predicted octanol–water partition coefficient (Wildman–Crippen LogP) is 1.54. The van der Waals surface area contributed by atoms with Crippen molar-refractivity contribution >= 4 is 21.9 Å². The zero-order valence-corrected chi connectivity index (χ0v) is 14.5. The van der Waals surface area contributed by atoms with Crippen LogP contribution in [0.1, 0.15) is 36.0 Å². The molecule has 1 N–H and O–H groups in total. The minimum Gasteiger partial charge on any atom is -0.443 e. The Labute approximate surface area is 146 Å². The lowest BCUT2D eigenvalue weighted by molar-refractivity contribution is 0.0967. The Bertz CT molecular complexity index is 797. The third-order valence-electron chi connectivity index (χ3n) is 4.79. The second kappa shape index (κ2) is 6.10. The molecular formula is C17H20N2O5S. The molecule has 1 saturated heterocycles. The van der Waals surface area contributed by atoms with Crippen molar-refractivity contribution in [2.45, 2.75) is 42.7 Å². The van der Waals surface area contributed by atoms with Gasteiger partial charge < -0.3 is 9.64 Å². The Morgan fingerprint density at radius 2 is 1.84 bits per heavy atom. The molecule has 25 heavy (non-hydrogen) atoms. The summed E-state index contributed by atoms with van der Waals surface area (Å²) in [4.78, 5) is 25.5. The van der Waals surface area contributed by atoms with Gasteiger partial charge in [-0.25, -0.2) is 17.9 Å². The van der Waals surface area contributed by atoms with E-state index in [0.29, 0.717) is 12.1 Å². The lowest BCUT2D eigenvalue weighted by Crippen LogP contribution is -2.35. The zero-order valence-electron chi connectivity index (χ0n) is 13.7. The van der Waals surface area contributed by atoms with E-state index >= 15 is 0 Å². The van der Waals surface area contributed by atoms with Gasteiger partial charge in [0.1, 0.15) is 6.10 Å². The van der Waals surface area contributed by atoms with Gasteiger partial charge in [-0.05, 0) is 37.8 Å². The maximum Gasteiger partial charge on any atom is 0.410 e. The lowest BCUT2D eigenvalue weighted by Gasteiger charge is -2.12. The molecule has 0 spiro atoms. The third-order valence-corrected chi connectivity index (χ3v) is 6.23. The van der Waals surface area contributed by atoms with Crippen molar-refractivity contribution in [3.8, 4) is 0 Å². The fourth-order valence-electron chi connectivity index (χ4n) is 3.00. The molecule has 0 radical (unpaired) electrons. The van der Waals surface area contributed by atoms with E-state index in [9.17, 15) is 18.0 Å². The molecule has 1 aliphatic heterocycles. The van der Waals surface area contributed by atoms with Crippen LogP contribution in [0.4, 0.5) is 4.79 Å². The van der Waals surface area contributed by atoms with E-state index < -0.39 is 16.1 Å². The Kier molecular flexibility index (Phi) is 4.04. The van der Waals surface area contributed by atoms with Gasteiger partial charge in [-0.1, -0.05) is 12.1 Å². The zero-order chi connectivity index (χ0) is 17.6. The second-order valence-corrected chi connectivity index (χ2v) is 8.67. The molecule has 1 amide bonds. The largest absolute Gasteiger partial charge is 0.443 e. The van der Waals surface area contributed by atoms with Crippen LogP contribution in [0.25, 0.3) is 0 Å². The molecule has 1 atom stereocenters. The molecule has 1 aromatic rings. The number of carbonyl (C=O) groups excluding carboxylic acids is 2. The highest BCUT2D eigenvalue weighted by molar-refractivity contribution is 7.89. The van der Waals surface area contributed by atoms with Crippen LogP contribution in [0.2, 0.25) is 0 Å². The van der Waals surface area contributed by atoms with Gasteiger partial charge in [-0.3, -0.25) is 4.79 Å². The van der Waals surface area contributed by atoms with E-state index in [0.717, 1.165) is 25.7 Å². The maximum absolute atomic E-state index is 12.4. The molecule has 8 heteroatoms. The molecule has 0 bridgehead atoms. The van der Waals surface area contributed by atoms with Crippen LogP contribution in [0.15, 0.2) is 29.2 Å². The van der Waals surface area contributed by atoms with Gasteiger partial charge in [0.05, 0.1) is 11.4 Å². The topological polar surface area (TPSA) is 92.8 Å². The first-order chi connectivity index (χ1) is 11.9. The number of carbonyl (C=O) groups is 2. The minimum atomic E-state index is -3.71. The molecule has 2 saturated carbocycles. The molecule has 3 fully saturated rings. The van der Waals surface area contributed by atoms with Crippen molar-refractivity contribution in [3.05, 3.63) is 29.8 Å². The van der Waals surface area contributed by atoms with Crippen LogP contribution < -0.4 is 4.72 Å². The summed E-state index contributed by atoms with van der Waals surface area (Å²) < 4.78 is 32.4. The number of nitrogens with one attached hydrogen (secondary N) is 1. The molecule has 2 aliphatic carbocycles. The highest BCUT2D eigenvalue weighted by Crippen LogP contribution is 2.33. The number of Topliss-reactive ketones (excluding diaryl/α,β-unsaturated/α-hetero) is 1. The van der Waals surface area contributed by atoms with Gasteiger partial charge in [-0.2, -0.15) is 0 Å². The lowest BCUT2D eigenvalue weighted by atomic mass is 10.1. The van der Waals surface area contributed by atoms with Crippen molar-refractivity contribution in [1.29, 1.82) is 0 Å². The normalized spacial score (nSPS) is 23.6. The van der Waals surface area contributed by atoms with Crippen LogP contribution in [0.3, 0.4) is 0 Å². The third kappa shape index (κ3) is 3.55. The van der Waals surface area contributed by atoms with Crippen LogP contribution in [-0.2, 0) is 14.8 Å². The van der Waals surface area contributed by atoms with Crippen LogP contribution in [0, 0.1) is 5.92 Å². The predicted molar refractivity (Wildman–Crippen MR) is 88.7 cm³/mol. The number of nitrogens with zero attached hydrogens (tertiary/aromatic N) is 1. The average Bonchev–Trinajstić information content (AvgIpc) is 3.51. The highest BCUT2D eigenvalue weighted by atomic mass is 32.2. The van der Waals surface area contributed by atoms with Gasteiger partial charge in [0.25, 0.3) is 0 Å². The Hall–Kier alpha value is -1.93. The summed E-state index contributed by atoms with van der Waals surface area (Å²) in [5.41, 5.74) is 0.547. The summed E-state index contributed by atoms with van der Waals surface area (Å²) in [6.45, 7) is 0.459. The number of amides is 1. The molecule has 134 valence electrons. The maximum atomic E-state index is 12.4. The van der Waals surface area contributed by atoms with E-state index in [-0.39, 0.29) is 35.3 Å². The number of hydrogen-bond acceptors (Lipinski definition) is 5. The summed E-state index contributed by atoms with van der Waals surface area (Å²) >= 11 is 0. The monoisotopic (exact) mass is 364 g/mol. The Balaban J connectivity index is 1.36. The first-order valence-electron chi connectivity index (χ1n) is 8.55. The van der Waals surface area contributed by atoms with Crippen molar-refractivity contribution in [2.24, 2.45) is 5.92 Å². The summed E-state index contributed by atoms with van der Waals surface area (Å²) in [7, 11) is -3.71. The van der Waals surface area contributed by atoms with Gasteiger partial charge >= 0.3 is 6.09 Å². The number of rotatable bonds is 7. The first-order valence-corrected chi connectivity index (χ1v) is 10.0. The number of ether oxygens (including phenoxy) is 1. The van der Waals surface area contributed by atoms with Gasteiger partial charge in [0.15, 0.2) is 5.78 Å². The molecule has 3 aliphatic rings. The van der Waals surface area contributed by atoms with Crippen molar-refractivity contribution in [3.63, 3.8) is 0 Å². The van der Waals surface area contributed by atoms with Crippen molar-refractivity contribution in [1.82, 2.24) is 9.62 Å². The summed E-state index contributed by atoms with van der Waals surface area (Å²) in [6, 6.07) is 6.24. The van der Waals surface area contributed by atoms with Crippen LogP contribution in [-0.4, -0.2) is 50.4 Å². The highest BCUT2D eigenvalue weighted by Gasteiger charge is 2.41. The molecule has 1 unspecified atom stereocenters. The number of cyclic esters (lactones) is 1. The Morgan fingerprint density at radius 3 is 2.44 bits per heavy atom. The quantitative estimate of drug-likeness (QED) is 0.741. The standard InChI is InChI=1S/C17H20N2O5S/c20-16(11-1-2-11)12-3-7-15(8-4-12)25(22,23)18-9-14-10-19(13-5-6-13)17(21)24-14/h3-4,7-8,11,13-14,18H,1-2,5-6,9-10H2. The average molecular weight is 364 g/mol. The van der Waals surface area contributed by atoms with E-state index in [4.69, 9.17) is 4.74 Å². The van der Waals surface area contributed by atoms with Crippen molar-refractivity contribution < 1.29 is 22.7 Å². The van der Waals surface area contributed by atoms with E-state index in [1.165, 1.54) is 12.1 Å². The Morgan fingerprint density at radius 1 is 1.16 bits per heavy atom. The van der Waals surface area contributed by atoms with Crippen LogP contribution >= 0.6 is 0 Å². The van der Waals surface area contributed by atoms with Gasteiger partial charge in [0.2, 0.25) is 10.0 Å². The molecular weight excluding hydrogens is 344 g/mol. The number of ketones is 1. The van der Waals surface area contributed by atoms with Crippen molar-refractivity contribution in [2.75, 3.05) is 13.1 Å². The number of benzene rings is 1. The van der Waals surface area contributed by atoms with Gasteiger partial charge in [-0.15, -0.1) is 0 Å². The molecule has 1 heterocycles. The smallest absolute Gasteiger partial charge is 0.410 e. The van der Waals surface area contributed by atoms with E-state index in [1.54, 1.807) is 17.0 Å². The summed E-state index contributed by atoms with van der Waals surface area (Å²) in [5, 5.41) is 0. The fourth-order valence-corrected chi connectivity index (χ4v) is 4.06. The summed E-state index contributed by atoms with van der Waals surface area (Å²) in [6.07, 6.45) is 2.96. The number of hydrogen-bond donors (Lipinski definition) is 1. The molecule has 7 nitrogen and oxygen atoms in total. The minimum absolute atomic E-state index is 0.0417. The second-order valence-electron chi connectivity index (χ2n) is 6.90. The SMILES string of the molecule is O=C(c1ccc(S(=O)(=O)NCC2CN(C3CC3)C(=O)O2)cc1)C1CC1. The first kappa shape index (κ1) is 16.5. The molecule has 4 rings (SSSR count). The van der Waals surface area contributed by atoms with E-state index in [1.807, 2.05) is 0 Å². The van der Waals surface area contributed by atoms with Gasteiger partial charge in [0, 0.05) is 24.1 Å². The molecule has 1 aromatic carbocycles. The summed E-state index contributed by atoms with van der Waals surface area (Å²) in [5.74, 6) is 0.182. The number of sulfonamides is 1. The van der Waals surface area contributed by atoms with Crippen LogP contribution in [0.5, 0.6) is 0 Å². The fraction of sp³-hybridized carbons (Fsp3) is 0.529.